The Bertz CT molecular complexity index is 8590. The normalized spacial score (nSPS) is 11.7. The van der Waals surface area contributed by atoms with Crippen molar-refractivity contribution in [3.63, 3.8) is 0 Å². The van der Waals surface area contributed by atoms with E-state index in [0.717, 1.165) is 0 Å². The first kappa shape index (κ1) is 72.5. The smallest absolute Gasteiger partial charge is 0.0541 e. The van der Waals surface area contributed by atoms with E-state index in [1.807, 2.05) is 0 Å². The van der Waals surface area contributed by atoms with Crippen LogP contribution in [0.2, 0.25) is 0 Å². The molecule has 3 nitrogen and oxygen atoms in total. The summed E-state index contributed by atoms with van der Waals surface area (Å²) in [6.45, 7) is 0. The molecule has 0 bridgehead atoms. The molecule has 0 N–H and O–H groups in total. The molecule has 582 valence electrons. The predicted molar refractivity (Wildman–Crippen MR) is 535 cm³/mol. The zero-order valence-corrected chi connectivity index (χ0v) is 68.5. The third-order valence-corrected chi connectivity index (χ3v) is 25.9. The van der Waals surface area contributed by atoms with Gasteiger partial charge in [-0.3, -0.25) is 0 Å². The maximum atomic E-state index is 2.44. The third kappa shape index (κ3) is 12.1. The summed E-state index contributed by atoms with van der Waals surface area (Å²) in [5, 5.41) is 27.9. The number of aromatic nitrogens is 3. The van der Waals surface area contributed by atoms with Crippen LogP contribution in [0.5, 0.6) is 0 Å². The topological polar surface area (TPSA) is 14.8 Å². The van der Waals surface area contributed by atoms with E-state index in [9.17, 15) is 0 Å². The standard InChI is InChI=1S/2C42H27N.C38H25N/c1-2-14-29(15-3-1)41-33-19-6-8-21-35(33)42(36-22-9-7-20-34(36)41)30-25-26-40-37(27-30)32-18-10-11-23-39(32)43(40)38-24-12-16-28-13-4-5-17-31(28)38;1-2-13-29(14-3-1)41-34-17-6-8-19-36(34)42(37-20-9-7-18-35(37)41)31-23-25-40-38(27-31)33-16-10-11-21-39(33)43(40)32-24-22-28-12-4-5-15-30(28)26-32;1-3-13-26(14-4-1)37-30-18-7-9-20-32(30)38(33-21-10-8-19-31(33)37)27-23-24-36-34(25-27)29-17-11-12-22-35(29)39(36)28-15-5-2-6-16-28/h2*1-27H;1-25H. The lowest BCUT2D eigenvalue weighted by atomic mass is 9.86. The zero-order valence-electron chi connectivity index (χ0n) is 68.5. The van der Waals surface area contributed by atoms with Gasteiger partial charge in [0.15, 0.2) is 0 Å². The Morgan fingerprint density at radius 2 is 0.360 bits per heavy atom. The molecule has 0 spiro atoms. The van der Waals surface area contributed by atoms with Crippen molar-refractivity contribution in [2.45, 2.75) is 0 Å². The molecule has 3 aromatic heterocycles. The molecule has 26 rings (SSSR count). The van der Waals surface area contributed by atoms with E-state index in [0.29, 0.717) is 0 Å². The van der Waals surface area contributed by atoms with Crippen molar-refractivity contribution in [2.75, 3.05) is 0 Å². The van der Waals surface area contributed by atoms with Gasteiger partial charge < -0.3 is 13.7 Å². The lowest BCUT2D eigenvalue weighted by Gasteiger charge is -2.18. The lowest BCUT2D eigenvalue weighted by molar-refractivity contribution is 1.18. The van der Waals surface area contributed by atoms with Crippen LogP contribution in [0, 0.1) is 0 Å². The summed E-state index contributed by atoms with van der Waals surface area (Å²) in [5.74, 6) is 0. The highest BCUT2D eigenvalue weighted by atomic mass is 15.0. The molecule has 0 fully saturated rings. The number of hydrogen-bond acceptors (Lipinski definition) is 0. The van der Waals surface area contributed by atoms with E-state index in [4.69, 9.17) is 0 Å². The van der Waals surface area contributed by atoms with Crippen molar-refractivity contribution in [3.8, 4) is 83.8 Å². The van der Waals surface area contributed by atoms with Gasteiger partial charge in [-0.2, -0.15) is 0 Å². The monoisotopic (exact) mass is 1590 g/mol. The van der Waals surface area contributed by atoms with Crippen molar-refractivity contribution in [3.05, 3.63) is 479 Å². The van der Waals surface area contributed by atoms with Gasteiger partial charge in [0.2, 0.25) is 0 Å². The molecule has 0 unspecified atom stereocenters. The Balaban J connectivity index is 0.000000105. The van der Waals surface area contributed by atoms with Crippen LogP contribution in [0.15, 0.2) is 479 Å². The minimum Gasteiger partial charge on any atom is -0.309 e. The third-order valence-electron chi connectivity index (χ3n) is 25.9. The molecular weight excluding hydrogens is 1510 g/mol. The van der Waals surface area contributed by atoms with Crippen molar-refractivity contribution in [1.29, 1.82) is 0 Å². The van der Waals surface area contributed by atoms with Crippen LogP contribution in [0.4, 0.5) is 0 Å². The molecule has 3 heterocycles. The number of nitrogens with zero attached hydrogens (tertiary/aromatic N) is 3. The Hall–Kier alpha value is -16.5. The second-order valence-electron chi connectivity index (χ2n) is 32.7. The van der Waals surface area contributed by atoms with Gasteiger partial charge in [0.1, 0.15) is 0 Å². The minimum absolute atomic E-state index is 1.18. The Morgan fingerprint density at radius 3 is 0.720 bits per heavy atom. The molecule has 0 amide bonds. The minimum atomic E-state index is 1.18. The first-order valence-electron chi connectivity index (χ1n) is 43.2. The van der Waals surface area contributed by atoms with Crippen LogP contribution in [0.1, 0.15) is 0 Å². The predicted octanol–water partition coefficient (Wildman–Crippen LogP) is 33.6. The van der Waals surface area contributed by atoms with Crippen LogP contribution < -0.4 is 0 Å². The highest BCUT2D eigenvalue weighted by molar-refractivity contribution is 6.26. The van der Waals surface area contributed by atoms with Gasteiger partial charge in [-0.1, -0.05) is 394 Å². The zero-order chi connectivity index (χ0) is 82.4. The summed E-state index contributed by atoms with van der Waals surface area (Å²) in [4.78, 5) is 0. The fourth-order valence-electron chi connectivity index (χ4n) is 20.6. The summed E-state index contributed by atoms with van der Waals surface area (Å²) in [7, 11) is 0. The van der Waals surface area contributed by atoms with Crippen LogP contribution in [0.25, 0.3) is 235 Å². The summed E-state index contributed by atoms with van der Waals surface area (Å²) < 4.78 is 7.23. The van der Waals surface area contributed by atoms with E-state index >= 15 is 0 Å². The average molecular weight is 1590 g/mol. The quantitative estimate of drug-likeness (QED) is 0.128. The van der Waals surface area contributed by atoms with Gasteiger partial charge in [-0.15, -0.1) is 0 Å². The summed E-state index contributed by atoms with van der Waals surface area (Å²) in [6.07, 6.45) is 0. The van der Waals surface area contributed by atoms with Crippen molar-refractivity contribution in [1.82, 2.24) is 13.7 Å². The molecule has 3 heteroatoms. The first-order valence-corrected chi connectivity index (χ1v) is 43.2. The fourth-order valence-corrected chi connectivity index (χ4v) is 20.6. The first-order chi connectivity index (χ1) is 62.1. The van der Waals surface area contributed by atoms with Crippen LogP contribution in [0.3, 0.4) is 0 Å². The molecule has 0 atom stereocenters. The van der Waals surface area contributed by atoms with Gasteiger partial charge in [0.05, 0.1) is 38.8 Å². The van der Waals surface area contributed by atoms with Gasteiger partial charge in [0.25, 0.3) is 0 Å². The number of rotatable bonds is 9. The van der Waals surface area contributed by atoms with Gasteiger partial charge in [0, 0.05) is 49.1 Å². The van der Waals surface area contributed by atoms with E-state index in [-0.39, 0.29) is 0 Å². The molecule has 23 aromatic carbocycles. The molecule has 0 radical (unpaired) electrons. The average Bonchev–Trinajstić information content (AvgIpc) is 1.69. The van der Waals surface area contributed by atoms with Gasteiger partial charge >= 0.3 is 0 Å². The van der Waals surface area contributed by atoms with Crippen LogP contribution in [-0.4, -0.2) is 13.7 Å². The SMILES string of the molecule is c1ccc(-c2c3ccccc3c(-c3ccc4c(c3)c3ccccc3n4-c3ccc4ccccc4c3)c3ccccc23)cc1.c1ccc(-c2c3ccccc3c(-c3ccc4c(c3)c3ccccc3n4-c3cccc4ccccc34)c3ccccc23)cc1.c1ccc(-c2c3ccccc3c(-c3ccc4c(c3)c3ccccc3n4-c3ccccc3)c3ccccc23)cc1. The fraction of sp³-hybridized carbons (Fsp3) is 0. The molecular formula is C122H79N3. The number of para-hydroxylation sites is 4. The van der Waals surface area contributed by atoms with Gasteiger partial charge in [-0.05, 0) is 232 Å². The van der Waals surface area contributed by atoms with Crippen LogP contribution in [-0.2, 0) is 0 Å². The summed E-state index contributed by atoms with van der Waals surface area (Å²) in [6, 6.07) is 174. The molecule has 0 saturated carbocycles. The largest absolute Gasteiger partial charge is 0.309 e. The van der Waals surface area contributed by atoms with Crippen LogP contribution >= 0.6 is 0 Å². The summed E-state index contributed by atoms with van der Waals surface area (Å²) in [5.41, 5.74) is 26.1. The summed E-state index contributed by atoms with van der Waals surface area (Å²) >= 11 is 0. The second-order valence-corrected chi connectivity index (χ2v) is 32.7. The molecule has 125 heavy (non-hydrogen) atoms. The highest BCUT2D eigenvalue weighted by Crippen LogP contribution is 2.50. The molecule has 0 aliphatic carbocycles. The Morgan fingerprint density at radius 1 is 0.112 bits per heavy atom. The molecule has 0 aliphatic rings. The second kappa shape index (κ2) is 30.4. The maximum absolute atomic E-state index is 2.44. The van der Waals surface area contributed by atoms with E-state index in [2.05, 4.69) is 493 Å². The maximum Gasteiger partial charge on any atom is 0.0541 e. The van der Waals surface area contributed by atoms with E-state index in [1.54, 1.807) is 0 Å². The van der Waals surface area contributed by atoms with Crippen molar-refractivity contribution < 1.29 is 0 Å². The Labute approximate surface area is 723 Å². The van der Waals surface area contributed by atoms with Gasteiger partial charge in [-0.25, -0.2) is 0 Å². The highest BCUT2D eigenvalue weighted by Gasteiger charge is 2.25. The van der Waals surface area contributed by atoms with Crippen molar-refractivity contribution >= 4 is 152 Å². The molecule has 26 aromatic rings. The van der Waals surface area contributed by atoms with Crippen molar-refractivity contribution in [2.24, 2.45) is 0 Å². The molecule has 0 aliphatic heterocycles. The number of hydrogen-bond donors (Lipinski definition) is 0. The molecule has 0 saturated heterocycles. The number of benzene rings is 23. The number of fused-ring (bicyclic) bond motifs is 17. The lowest BCUT2D eigenvalue weighted by Crippen LogP contribution is -1.95. The van der Waals surface area contributed by atoms with E-state index < -0.39 is 0 Å². The van der Waals surface area contributed by atoms with E-state index in [1.165, 1.54) is 235 Å². The Kier molecular flexibility index (Phi) is 17.6.